The summed E-state index contributed by atoms with van der Waals surface area (Å²) < 4.78 is 0. The third-order valence-corrected chi connectivity index (χ3v) is 2.96. The van der Waals surface area contributed by atoms with Crippen LogP contribution in [0, 0.1) is 0 Å². The second-order valence-corrected chi connectivity index (χ2v) is 4.72. The third kappa shape index (κ3) is 4.32. The van der Waals surface area contributed by atoms with E-state index in [0.717, 1.165) is 25.2 Å². The standard InChI is InChI=1S/C13H24N4/c1-5-17(11(2)9-16(3)4)10-12-7-6-8-15-13(12)14/h6-8,11H,5,9-10H2,1-4H3,(H2,14,15). The fourth-order valence-corrected chi connectivity index (χ4v) is 2.03. The van der Waals surface area contributed by atoms with Crippen molar-refractivity contribution in [3.63, 3.8) is 0 Å². The molecule has 1 rings (SSSR count). The van der Waals surface area contributed by atoms with Gasteiger partial charge in [0, 0.05) is 30.9 Å². The van der Waals surface area contributed by atoms with Crippen LogP contribution in [0.25, 0.3) is 0 Å². The quantitative estimate of drug-likeness (QED) is 0.812. The number of hydrogen-bond donors (Lipinski definition) is 1. The number of likely N-dealkylation sites (N-methyl/N-ethyl adjacent to an activating group) is 2. The molecule has 0 saturated heterocycles. The highest BCUT2D eigenvalue weighted by atomic mass is 15.2. The van der Waals surface area contributed by atoms with E-state index in [2.05, 4.69) is 42.7 Å². The van der Waals surface area contributed by atoms with E-state index in [1.807, 2.05) is 12.1 Å². The molecule has 4 nitrogen and oxygen atoms in total. The van der Waals surface area contributed by atoms with Gasteiger partial charge in [-0.3, -0.25) is 4.90 Å². The number of hydrogen-bond acceptors (Lipinski definition) is 4. The largest absolute Gasteiger partial charge is 0.383 e. The van der Waals surface area contributed by atoms with Crippen LogP contribution in [0.1, 0.15) is 19.4 Å². The van der Waals surface area contributed by atoms with Gasteiger partial charge >= 0.3 is 0 Å². The highest BCUT2D eigenvalue weighted by molar-refractivity contribution is 5.38. The van der Waals surface area contributed by atoms with E-state index in [1.54, 1.807) is 6.20 Å². The third-order valence-electron chi connectivity index (χ3n) is 2.96. The molecule has 96 valence electrons. The van der Waals surface area contributed by atoms with Gasteiger partial charge in [-0.1, -0.05) is 13.0 Å². The summed E-state index contributed by atoms with van der Waals surface area (Å²) in [7, 11) is 4.20. The molecule has 0 spiro atoms. The van der Waals surface area contributed by atoms with Crippen molar-refractivity contribution in [1.29, 1.82) is 0 Å². The van der Waals surface area contributed by atoms with Crippen molar-refractivity contribution in [3.8, 4) is 0 Å². The van der Waals surface area contributed by atoms with E-state index in [9.17, 15) is 0 Å². The zero-order valence-electron chi connectivity index (χ0n) is 11.3. The Bertz CT molecular complexity index is 338. The molecule has 1 atom stereocenters. The second-order valence-electron chi connectivity index (χ2n) is 4.72. The minimum atomic E-state index is 0.509. The molecule has 17 heavy (non-hydrogen) atoms. The fourth-order valence-electron chi connectivity index (χ4n) is 2.03. The maximum Gasteiger partial charge on any atom is 0.127 e. The molecule has 0 aliphatic carbocycles. The normalized spacial score (nSPS) is 13.3. The summed E-state index contributed by atoms with van der Waals surface area (Å²) in [6.07, 6.45) is 1.73. The molecule has 0 aromatic carbocycles. The number of aromatic nitrogens is 1. The molecule has 1 aromatic rings. The molecular weight excluding hydrogens is 212 g/mol. The van der Waals surface area contributed by atoms with Gasteiger partial charge in [-0.05, 0) is 33.6 Å². The second kappa shape index (κ2) is 6.57. The van der Waals surface area contributed by atoms with E-state index in [-0.39, 0.29) is 0 Å². The van der Waals surface area contributed by atoms with Gasteiger partial charge in [-0.25, -0.2) is 4.98 Å². The lowest BCUT2D eigenvalue weighted by atomic mass is 10.2. The van der Waals surface area contributed by atoms with Gasteiger partial charge in [0.2, 0.25) is 0 Å². The smallest absolute Gasteiger partial charge is 0.127 e. The van der Waals surface area contributed by atoms with Gasteiger partial charge in [-0.15, -0.1) is 0 Å². The van der Waals surface area contributed by atoms with Crippen LogP contribution in [0.2, 0.25) is 0 Å². The maximum atomic E-state index is 5.88. The minimum Gasteiger partial charge on any atom is -0.383 e. The fraction of sp³-hybridized carbons (Fsp3) is 0.615. The Hall–Kier alpha value is -1.13. The predicted octanol–water partition coefficient (Wildman–Crippen LogP) is 1.44. The van der Waals surface area contributed by atoms with E-state index in [4.69, 9.17) is 5.73 Å². The Morgan fingerprint density at radius 2 is 2.12 bits per heavy atom. The Balaban J connectivity index is 2.66. The van der Waals surface area contributed by atoms with Gasteiger partial charge in [0.05, 0.1) is 0 Å². The number of rotatable bonds is 6. The first-order valence-corrected chi connectivity index (χ1v) is 6.12. The molecule has 1 heterocycles. The molecule has 0 saturated carbocycles. The molecule has 1 aromatic heterocycles. The maximum absolute atomic E-state index is 5.88. The molecule has 2 N–H and O–H groups in total. The van der Waals surface area contributed by atoms with Crippen molar-refractivity contribution >= 4 is 5.82 Å². The number of pyridine rings is 1. The summed E-state index contributed by atoms with van der Waals surface area (Å²) in [5, 5.41) is 0. The Kier molecular flexibility index (Phi) is 5.38. The molecule has 0 bridgehead atoms. The summed E-state index contributed by atoms with van der Waals surface area (Å²) in [6, 6.07) is 4.50. The van der Waals surface area contributed by atoms with E-state index in [0.29, 0.717) is 11.9 Å². The average molecular weight is 236 g/mol. The zero-order chi connectivity index (χ0) is 12.8. The van der Waals surface area contributed by atoms with Crippen molar-refractivity contribution in [2.45, 2.75) is 26.4 Å². The average Bonchev–Trinajstić information content (AvgIpc) is 2.27. The van der Waals surface area contributed by atoms with Gasteiger partial charge in [0.25, 0.3) is 0 Å². The Morgan fingerprint density at radius 1 is 1.41 bits per heavy atom. The highest BCUT2D eigenvalue weighted by Crippen LogP contribution is 2.12. The van der Waals surface area contributed by atoms with Gasteiger partial charge in [-0.2, -0.15) is 0 Å². The van der Waals surface area contributed by atoms with Crippen molar-refractivity contribution < 1.29 is 0 Å². The SMILES string of the molecule is CCN(Cc1cccnc1N)C(C)CN(C)C. The van der Waals surface area contributed by atoms with Crippen molar-refractivity contribution in [2.75, 3.05) is 32.9 Å². The zero-order valence-corrected chi connectivity index (χ0v) is 11.3. The van der Waals surface area contributed by atoms with Gasteiger partial charge in [0.1, 0.15) is 5.82 Å². The lowest BCUT2D eigenvalue weighted by Gasteiger charge is -2.30. The van der Waals surface area contributed by atoms with Crippen LogP contribution in [-0.4, -0.2) is 48.0 Å². The van der Waals surface area contributed by atoms with E-state index >= 15 is 0 Å². The summed E-state index contributed by atoms with van der Waals surface area (Å²) in [6.45, 7) is 7.36. The van der Waals surface area contributed by atoms with E-state index in [1.165, 1.54) is 0 Å². The van der Waals surface area contributed by atoms with Crippen molar-refractivity contribution in [1.82, 2.24) is 14.8 Å². The molecule has 4 heteroatoms. The lowest BCUT2D eigenvalue weighted by molar-refractivity contribution is 0.174. The molecule has 0 aliphatic heterocycles. The van der Waals surface area contributed by atoms with Crippen molar-refractivity contribution in [2.24, 2.45) is 0 Å². The lowest BCUT2D eigenvalue weighted by Crippen LogP contribution is -2.39. The van der Waals surface area contributed by atoms with Crippen molar-refractivity contribution in [3.05, 3.63) is 23.9 Å². The monoisotopic (exact) mass is 236 g/mol. The number of nitrogens with zero attached hydrogens (tertiary/aromatic N) is 3. The molecule has 0 amide bonds. The summed E-state index contributed by atoms with van der Waals surface area (Å²) in [5.41, 5.74) is 6.99. The van der Waals surface area contributed by atoms with Crippen LogP contribution in [0.5, 0.6) is 0 Å². The minimum absolute atomic E-state index is 0.509. The first-order chi connectivity index (χ1) is 8.04. The molecule has 0 aliphatic rings. The summed E-state index contributed by atoms with van der Waals surface area (Å²) in [5.74, 6) is 0.642. The highest BCUT2D eigenvalue weighted by Gasteiger charge is 2.14. The van der Waals surface area contributed by atoms with Crippen LogP contribution < -0.4 is 5.73 Å². The van der Waals surface area contributed by atoms with Crippen LogP contribution in [0.3, 0.4) is 0 Å². The summed E-state index contributed by atoms with van der Waals surface area (Å²) >= 11 is 0. The van der Waals surface area contributed by atoms with E-state index < -0.39 is 0 Å². The topological polar surface area (TPSA) is 45.4 Å². The molecule has 0 radical (unpaired) electrons. The molecule has 0 fully saturated rings. The number of nitrogens with two attached hydrogens (primary N) is 1. The van der Waals surface area contributed by atoms with Gasteiger partial charge in [0.15, 0.2) is 0 Å². The van der Waals surface area contributed by atoms with Crippen LogP contribution >= 0.6 is 0 Å². The first-order valence-electron chi connectivity index (χ1n) is 6.12. The predicted molar refractivity (Wildman–Crippen MR) is 72.7 cm³/mol. The Morgan fingerprint density at radius 3 is 2.65 bits per heavy atom. The summed E-state index contributed by atoms with van der Waals surface area (Å²) in [4.78, 5) is 8.75. The van der Waals surface area contributed by atoms with Gasteiger partial charge < -0.3 is 10.6 Å². The Labute approximate surface area is 104 Å². The van der Waals surface area contributed by atoms with Crippen LogP contribution in [0.4, 0.5) is 5.82 Å². The number of anilines is 1. The van der Waals surface area contributed by atoms with Crippen LogP contribution in [0.15, 0.2) is 18.3 Å². The van der Waals surface area contributed by atoms with Crippen LogP contribution in [-0.2, 0) is 6.54 Å². The number of nitrogen functional groups attached to an aromatic ring is 1. The first kappa shape index (κ1) is 13.9. The molecular formula is C13H24N4. The molecule has 1 unspecified atom stereocenters.